The van der Waals surface area contributed by atoms with E-state index in [2.05, 4.69) is 23.2 Å². The van der Waals surface area contributed by atoms with Crippen molar-refractivity contribution in [3.8, 4) is 0 Å². The molecule has 43 heavy (non-hydrogen) atoms. The number of fused-ring (bicyclic) bond motifs is 1. The van der Waals surface area contributed by atoms with E-state index in [0.717, 1.165) is 89.3 Å². The average molecular weight is 600 g/mol. The zero-order valence-corrected chi connectivity index (χ0v) is 25.8. The number of nitrogens with one attached hydrogen (secondary N) is 1. The van der Waals surface area contributed by atoms with Gasteiger partial charge in [0.1, 0.15) is 0 Å². The molecule has 0 saturated carbocycles. The fourth-order valence-corrected chi connectivity index (χ4v) is 5.99. The predicted octanol–water partition coefficient (Wildman–Crippen LogP) is 9.04. The first kappa shape index (κ1) is 34.2. The van der Waals surface area contributed by atoms with Gasteiger partial charge in [0.25, 0.3) is 0 Å². The quantitative estimate of drug-likeness (QED) is 0.211. The Kier molecular flexibility index (Phi) is 13.6. The molecule has 1 aromatic carbocycles. The van der Waals surface area contributed by atoms with Crippen LogP contribution >= 0.6 is 0 Å². The number of piperidine rings is 1. The molecule has 0 unspecified atom stereocenters. The Labute approximate surface area is 254 Å². The summed E-state index contributed by atoms with van der Waals surface area (Å²) >= 11 is 0. The van der Waals surface area contributed by atoms with Crippen molar-refractivity contribution in [3.63, 3.8) is 0 Å². The molecule has 0 bridgehead atoms. The highest BCUT2D eigenvalue weighted by molar-refractivity contribution is 5.95. The Hall–Kier alpha value is -3.29. The Balaban J connectivity index is 0.00000248. The smallest absolute Gasteiger partial charge is 0.398 e. The second-order valence-electron chi connectivity index (χ2n) is 11.2. The number of likely N-dealkylation sites (tertiary alicyclic amines) is 1. The number of pyridine rings is 1. The SMILES string of the molecule is CC.NC(=C(/CCCCCCCC(=O)N1CCCCC1)c1cccc2[nH]c(=O)cc(C(F)(F)F)c12)/C1=C/C/C=C\CCC1. The Morgan fingerprint density at radius 1 is 0.953 bits per heavy atom. The summed E-state index contributed by atoms with van der Waals surface area (Å²) in [6.45, 7) is 5.75. The maximum absolute atomic E-state index is 14.2. The molecule has 1 amide bonds. The van der Waals surface area contributed by atoms with Gasteiger partial charge in [0.2, 0.25) is 11.5 Å². The molecule has 2 aromatic rings. The second kappa shape index (κ2) is 17.1. The van der Waals surface area contributed by atoms with Crippen molar-refractivity contribution >= 4 is 22.4 Å². The molecular formula is C35H48F3N3O2. The number of amides is 1. The molecule has 1 fully saturated rings. The number of rotatable bonds is 10. The van der Waals surface area contributed by atoms with E-state index in [-0.39, 0.29) is 16.8 Å². The number of alkyl halides is 3. The standard InChI is InChI=1S/C33H42F3N3O2.C2H6/c34-33(35,36)27-23-29(40)38-28-19-14-18-25(31(27)28)26(32(37)24-15-8-3-1-4-9-16-24)17-10-5-2-6-11-20-30(41)39-21-12-7-13-22-39;1-2/h1,3,14-15,18-19,23H,2,4-13,16-17,20-22,37H2,(H,38,40);1-2H3/b3-1-,24-15+,32-26-;. The van der Waals surface area contributed by atoms with Crippen molar-refractivity contribution in [3.05, 3.63) is 75.2 Å². The Morgan fingerprint density at radius 3 is 2.37 bits per heavy atom. The van der Waals surface area contributed by atoms with Crippen LogP contribution in [0.2, 0.25) is 0 Å². The van der Waals surface area contributed by atoms with Crippen molar-refractivity contribution in [2.45, 2.75) is 110 Å². The van der Waals surface area contributed by atoms with Gasteiger partial charge < -0.3 is 15.6 Å². The first-order valence-electron chi connectivity index (χ1n) is 16.1. The highest BCUT2D eigenvalue weighted by atomic mass is 19.4. The molecule has 0 radical (unpaired) electrons. The summed E-state index contributed by atoms with van der Waals surface area (Å²) in [5, 5.41) is -0.0138. The fraction of sp³-hybridized carbons (Fsp3) is 0.543. The van der Waals surface area contributed by atoms with E-state index in [0.29, 0.717) is 35.7 Å². The van der Waals surface area contributed by atoms with Gasteiger partial charge in [0, 0.05) is 42.2 Å². The van der Waals surface area contributed by atoms with E-state index in [1.807, 2.05) is 18.7 Å². The normalized spacial score (nSPS) is 18.4. The minimum absolute atomic E-state index is 0.0138. The first-order valence-corrected chi connectivity index (χ1v) is 16.1. The predicted molar refractivity (Wildman–Crippen MR) is 170 cm³/mol. The third-order valence-corrected chi connectivity index (χ3v) is 8.18. The molecule has 1 aliphatic heterocycles. The molecule has 0 spiro atoms. The zero-order chi connectivity index (χ0) is 31.2. The molecule has 1 saturated heterocycles. The van der Waals surface area contributed by atoms with Crippen LogP contribution < -0.4 is 11.3 Å². The highest BCUT2D eigenvalue weighted by Gasteiger charge is 2.34. The summed E-state index contributed by atoms with van der Waals surface area (Å²) in [5.74, 6) is 0.250. The number of aromatic amines is 1. The molecule has 1 aromatic heterocycles. The lowest BCUT2D eigenvalue weighted by atomic mass is 9.88. The number of nitrogens with two attached hydrogens (primary N) is 1. The molecule has 2 heterocycles. The van der Waals surface area contributed by atoms with Gasteiger partial charge in [0.15, 0.2) is 0 Å². The van der Waals surface area contributed by atoms with Crippen LogP contribution in [0, 0.1) is 0 Å². The van der Waals surface area contributed by atoms with Gasteiger partial charge in [-0.25, -0.2) is 0 Å². The van der Waals surface area contributed by atoms with Gasteiger partial charge in [0.05, 0.1) is 5.56 Å². The molecule has 3 N–H and O–H groups in total. The number of carbonyl (C=O) groups is 1. The maximum atomic E-state index is 14.2. The second-order valence-corrected chi connectivity index (χ2v) is 11.2. The summed E-state index contributed by atoms with van der Waals surface area (Å²) in [6.07, 6.45) is 13.9. The number of H-pyrrole nitrogens is 1. The number of nitrogens with zero attached hydrogens (tertiary/aromatic N) is 1. The van der Waals surface area contributed by atoms with E-state index >= 15 is 0 Å². The summed E-state index contributed by atoms with van der Waals surface area (Å²) in [5.41, 5.74) is 7.85. The topological polar surface area (TPSA) is 79.2 Å². The van der Waals surface area contributed by atoms with Crippen molar-refractivity contribution in [1.29, 1.82) is 0 Å². The zero-order valence-electron chi connectivity index (χ0n) is 25.8. The van der Waals surface area contributed by atoms with Crippen LogP contribution in [0.4, 0.5) is 13.2 Å². The molecule has 1 aliphatic carbocycles. The number of hydrogen-bond donors (Lipinski definition) is 2. The summed E-state index contributed by atoms with van der Waals surface area (Å²) < 4.78 is 42.5. The third-order valence-electron chi connectivity index (χ3n) is 8.18. The third kappa shape index (κ3) is 9.87. The van der Waals surface area contributed by atoms with Crippen molar-refractivity contribution in [1.82, 2.24) is 9.88 Å². The van der Waals surface area contributed by atoms with Gasteiger partial charge in [-0.2, -0.15) is 13.2 Å². The van der Waals surface area contributed by atoms with Gasteiger partial charge in [-0.15, -0.1) is 0 Å². The maximum Gasteiger partial charge on any atom is 0.417 e. The van der Waals surface area contributed by atoms with E-state index in [4.69, 9.17) is 5.73 Å². The van der Waals surface area contributed by atoms with E-state index < -0.39 is 17.3 Å². The molecule has 236 valence electrons. The highest BCUT2D eigenvalue weighted by Crippen LogP contribution is 2.39. The molecule has 0 atom stereocenters. The fourth-order valence-electron chi connectivity index (χ4n) is 5.99. The van der Waals surface area contributed by atoms with Gasteiger partial charge in [-0.1, -0.05) is 63.5 Å². The monoisotopic (exact) mass is 599 g/mol. The van der Waals surface area contributed by atoms with Crippen LogP contribution in [0.15, 0.2) is 58.6 Å². The summed E-state index contributed by atoms with van der Waals surface area (Å²) in [7, 11) is 0. The lowest BCUT2D eigenvalue weighted by Crippen LogP contribution is -2.35. The lowest BCUT2D eigenvalue weighted by molar-refractivity contribution is -0.136. The number of carbonyl (C=O) groups excluding carboxylic acids is 1. The largest absolute Gasteiger partial charge is 0.417 e. The van der Waals surface area contributed by atoms with Crippen LogP contribution in [-0.2, 0) is 11.0 Å². The first-order chi connectivity index (χ1) is 20.8. The van der Waals surface area contributed by atoms with Gasteiger partial charge >= 0.3 is 6.18 Å². The number of halogens is 3. The molecule has 2 aliphatic rings. The molecule has 8 heteroatoms. The van der Waals surface area contributed by atoms with Crippen molar-refractivity contribution in [2.75, 3.05) is 13.1 Å². The number of hydrogen-bond acceptors (Lipinski definition) is 3. The van der Waals surface area contributed by atoms with Crippen LogP contribution in [0.25, 0.3) is 16.5 Å². The van der Waals surface area contributed by atoms with E-state index in [1.165, 1.54) is 12.5 Å². The molecule has 5 nitrogen and oxygen atoms in total. The van der Waals surface area contributed by atoms with Crippen molar-refractivity contribution in [2.24, 2.45) is 5.73 Å². The van der Waals surface area contributed by atoms with Crippen molar-refractivity contribution < 1.29 is 18.0 Å². The average Bonchev–Trinajstić information content (AvgIpc) is 2.98. The van der Waals surface area contributed by atoms with E-state index in [9.17, 15) is 22.8 Å². The minimum atomic E-state index is -4.68. The van der Waals surface area contributed by atoms with Gasteiger partial charge in [-0.05, 0) is 87.0 Å². The van der Waals surface area contributed by atoms with Crippen LogP contribution in [0.1, 0.15) is 115 Å². The van der Waals surface area contributed by atoms with Crippen LogP contribution in [-0.4, -0.2) is 28.9 Å². The van der Waals surface area contributed by atoms with Gasteiger partial charge in [-0.3, -0.25) is 9.59 Å². The Morgan fingerprint density at radius 2 is 1.65 bits per heavy atom. The molecule has 4 rings (SSSR count). The Bertz CT molecular complexity index is 1350. The number of allylic oxidation sites excluding steroid dienone is 5. The number of unbranched alkanes of at least 4 members (excludes halogenated alkanes) is 4. The van der Waals surface area contributed by atoms with Crippen LogP contribution in [0.5, 0.6) is 0 Å². The molecular weight excluding hydrogens is 551 g/mol. The summed E-state index contributed by atoms with van der Waals surface area (Å²) in [6, 6.07) is 5.52. The summed E-state index contributed by atoms with van der Waals surface area (Å²) in [4.78, 5) is 29.1. The lowest BCUT2D eigenvalue weighted by Gasteiger charge is -2.26. The van der Waals surface area contributed by atoms with E-state index in [1.54, 1.807) is 12.1 Å². The number of aromatic nitrogens is 1. The number of benzene rings is 1. The van der Waals surface area contributed by atoms with Crippen LogP contribution in [0.3, 0.4) is 0 Å². The minimum Gasteiger partial charge on any atom is -0.398 e.